The molecule has 4 nitrogen and oxygen atoms in total. The van der Waals surface area contributed by atoms with E-state index in [1.165, 1.54) is 19.3 Å². The van der Waals surface area contributed by atoms with Crippen LogP contribution >= 0.6 is 11.8 Å². The number of thioether (sulfide) groups is 1. The monoisotopic (exact) mass is 294 g/mol. The normalized spacial score (nSPS) is 22.2. The molecule has 2 atom stereocenters. The van der Waals surface area contributed by atoms with Crippen molar-refractivity contribution in [3.8, 4) is 5.75 Å². The van der Waals surface area contributed by atoms with Crippen molar-refractivity contribution in [2.45, 2.75) is 37.0 Å². The minimum absolute atomic E-state index is 0.0427. The third kappa shape index (κ3) is 4.34. The molecule has 1 saturated carbocycles. The fourth-order valence-electron chi connectivity index (χ4n) is 2.55. The van der Waals surface area contributed by atoms with Crippen molar-refractivity contribution < 1.29 is 9.53 Å². The number of nitrogens with one attached hydrogen (secondary N) is 1. The second-order valence-corrected chi connectivity index (χ2v) is 6.17. The van der Waals surface area contributed by atoms with Gasteiger partial charge in [0.2, 0.25) is 0 Å². The Morgan fingerprint density at radius 3 is 3.00 bits per heavy atom. The number of rotatable bonds is 5. The Kier molecular flexibility index (Phi) is 5.59. The first-order chi connectivity index (χ1) is 9.69. The van der Waals surface area contributed by atoms with E-state index in [0.717, 1.165) is 6.42 Å². The average molecular weight is 294 g/mol. The molecule has 5 heteroatoms. The van der Waals surface area contributed by atoms with Crippen molar-refractivity contribution >= 4 is 23.4 Å². The molecule has 0 aliphatic heterocycles. The fourth-order valence-corrected chi connectivity index (χ4v) is 3.48. The zero-order valence-electron chi connectivity index (χ0n) is 11.8. The molecule has 0 bridgehead atoms. The van der Waals surface area contributed by atoms with E-state index in [0.29, 0.717) is 16.7 Å². The second-order valence-electron chi connectivity index (χ2n) is 5.09. The molecule has 20 heavy (non-hydrogen) atoms. The van der Waals surface area contributed by atoms with E-state index in [-0.39, 0.29) is 18.6 Å². The Labute approximate surface area is 124 Å². The van der Waals surface area contributed by atoms with Crippen LogP contribution in [-0.4, -0.2) is 30.1 Å². The highest BCUT2D eigenvalue weighted by Crippen LogP contribution is 2.27. The first kappa shape index (κ1) is 15.0. The Balaban J connectivity index is 1.80. The van der Waals surface area contributed by atoms with Crippen molar-refractivity contribution in [1.82, 2.24) is 5.32 Å². The lowest BCUT2D eigenvalue weighted by molar-refractivity contribution is -0.123. The number of nitrogen functional groups attached to an aromatic ring is 1. The van der Waals surface area contributed by atoms with Crippen LogP contribution in [0, 0.1) is 0 Å². The molecule has 1 fully saturated rings. The smallest absolute Gasteiger partial charge is 0.258 e. The van der Waals surface area contributed by atoms with Crippen molar-refractivity contribution in [2.75, 3.05) is 18.6 Å². The van der Waals surface area contributed by atoms with E-state index >= 15 is 0 Å². The maximum absolute atomic E-state index is 12.0. The van der Waals surface area contributed by atoms with Crippen LogP contribution in [0.3, 0.4) is 0 Å². The number of carbonyl (C=O) groups excluding carboxylic acids is 1. The molecular weight excluding hydrogens is 272 g/mol. The lowest BCUT2D eigenvalue weighted by Gasteiger charge is -2.30. The van der Waals surface area contributed by atoms with Crippen molar-refractivity contribution in [3.05, 3.63) is 24.3 Å². The molecule has 1 aromatic carbocycles. The molecule has 1 aliphatic carbocycles. The van der Waals surface area contributed by atoms with Crippen molar-refractivity contribution in [1.29, 1.82) is 0 Å². The summed E-state index contributed by atoms with van der Waals surface area (Å²) in [5.41, 5.74) is 6.30. The average Bonchev–Trinajstić information content (AvgIpc) is 2.46. The third-order valence-electron chi connectivity index (χ3n) is 3.58. The van der Waals surface area contributed by atoms with Gasteiger partial charge in [-0.25, -0.2) is 0 Å². The van der Waals surface area contributed by atoms with E-state index < -0.39 is 0 Å². The van der Waals surface area contributed by atoms with E-state index in [1.807, 2.05) is 17.8 Å². The van der Waals surface area contributed by atoms with Gasteiger partial charge in [-0.2, -0.15) is 11.8 Å². The van der Waals surface area contributed by atoms with E-state index in [2.05, 4.69) is 11.6 Å². The summed E-state index contributed by atoms with van der Waals surface area (Å²) in [4.78, 5) is 12.0. The van der Waals surface area contributed by atoms with Crippen LogP contribution in [0.5, 0.6) is 5.75 Å². The molecule has 0 spiro atoms. The minimum atomic E-state index is -0.0571. The maximum atomic E-state index is 12.0. The molecule has 0 saturated heterocycles. The molecule has 1 amide bonds. The highest BCUT2D eigenvalue weighted by atomic mass is 32.2. The Bertz CT molecular complexity index is 453. The SMILES string of the molecule is CSC1CCCCC1NC(=O)COc1cccc(N)c1. The number of hydrogen-bond acceptors (Lipinski definition) is 4. The van der Waals surface area contributed by atoms with Gasteiger partial charge in [-0.05, 0) is 31.2 Å². The summed E-state index contributed by atoms with van der Waals surface area (Å²) in [6, 6.07) is 7.40. The van der Waals surface area contributed by atoms with Crippen molar-refractivity contribution in [2.24, 2.45) is 0 Å². The van der Waals surface area contributed by atoms with E-state index in [4.69, 9.17) is 10.5 Å². The molecule has 0 aromatic heterocycles. The molecule has 1 aliphatic rings. The van der Waals surface area contributed by atoms with Crippen LogP contribution in [0.1, 0.15) is 25.7 Å². The number of amides is 1. The van der Waals surface area contributed by atoms with E-state index in [9.17, 15) is 4.79 Å². The first-order valence-electron chi connectivity index (χ1n) is 6.99. The highest BCUT2D eigenvalue weighted by Gasteiger charge is 2.25. The summed E-state index contributed by atoms with van der Waals surface area (Å²) in [6.07, 6.45) is 6.81. The predicted molar refractivity (Wildman–Crippen MR) is 84.1 cm³/mol. The molecule has 1 aromatic rings. The largest absolute Gasteiger partial charge is 0.484 e. The summed E-state index contributed by atoms with van der Waals surface area (Å²) >= 11 is 1.84. The molecule has 0 radical (unpaired) electrons. The van der Waals surface area contributed by atoms with Gasteiger partial charge in [0, 0.05) is 23.0 Å². The Morgan fingerprint density at radius 2 is 2.25 bits per heavy atom. The molecule has 110 valence electrons. The fraction of sp³-hybridized carbons (Fsp3) is 0.533. The van der Waals surface area contributed by atoms with Crippen LogP contribution in [0.2, 0.25) is 0 Å². The van der Waals surface area contributed by atoms with Gasteiger partial charge in [0.25, 0.3) is 5.91 Å². The van der Waals surface area contributed by atoms with Gasteiger partial charge in [-0.1, -0.05) is 18.9 Å². The van der Waals surface area contributed by atoms with Gasteiger partial charge in [-0.3, -0.25) is 4.79 Å². The minimum Gasteiger partial charge on any atom is -0.484 e. The zero-order valence-corrected chi connectivity index (χ0v) is 12.6. The van der Waals surface area contributed by atoms with E-state index in [1.54, 1.807) is 18.2 Å². The number of carbonyl (C=O) groups is 1. The number of hydrogen-bond donors (Lipinski definition) is 2. The Hall–Kier alpha value is -1.36. The molecule has 0 heterocycles. The van der Waals surface area contributed by atoms with Gasteiger partial charge in [0.15, 0.2) is 6.61 Å². The maximum Gasteiger partial charge on any atom is 0.258 e. The van der Waals surface area contributed by atoms with Crippen LogP contribution in [0.15, 0.2) is 24.3 Å². The summed E-state index contributed by atoms with van der Waals surface area (Å²) in [6.45, 7) is 0.0427. The quantitative estimate of drug-likeness (QED) is 0.819. The summed E-state index contributed by atoms with van der Waals surface area (Å²) in [5, 5.41) is 3.62. The summed E-state index contributed by atoms with van der Waals surface area (Å²) in [7, 11) is 0. The third-order valence-corrected chi connectivity index (χ3v) is 4.75. The van der Waals surface area contributed by atoms with Gasteiger partial charge < -0.3 is 15.8 Å². The van der Waals surface area contributed by atoms with Gasteiger partial charge in [-0.15, -0.1) is 0 Å². The van der Waals surface area contributed by atoms with Gasteiger partial charge in [0.1, 0.15) is 5.75 Å². The number of nitrogens with two attached hydrogens (primary N) is 1. The van der Waals surface area contributed by atoms with Crippen molar-refractivity contribution in [3.63, 3.8) is 0 Å². The molecule has 3 N–H and O–H groups in total. The Morgan fingerprint density at radius 1 is 1.45 bits per heavy atom. The van der Waals surface area contributed by atoms with Crippen LogP contribution in [0.4, 0.5) is 5.69 Å². The second kappa shape index (κ2) is 7.43. The highest BCUT2D eigenvalue weighted by molar-refractivity contribution is 7.99. The standard InChI is InChI=1S/C15H22N2O2S/c1-20-14-8-3-2-7-13(14)17-15(18)10-19-12-6-4-5-11(16)9-12/h4-6,9,13-14H,2-3,7-8,10,16H2,1H3,(H,17,18). The number of ether oxygens (including phenoxy) is 1. The van der Waals surface area contributed by atoms with Crippen LogP contribution in [-0.2, 0) is 4.79 Å². The van der Waals surface area contributed by atoms with Gasteiger partial charge in [0.05, 0.1) is 0 Å². The topological polar surface area (TPSA) is 64.3 Å². The molecular formula is C15H22N2O2S. The summed E-state index contributed by atoms with van der Waals surface area (Å²) < 4.78 is 5.46. The molecule has 2 unspecified atom stereocenters. The predicted octanol–water partition coefficient (Wildman–Crippen LogP) is 2.44. The molecule has 2 rings (SSSR count). The zero-order chi connectivity index (χ0) is 14.4. The lowest BCUT2D eigenvalue weighted by Crippen LogP contribution is -2.45. The number of anilines is 1. The van der Waals surface area contributed by atoms with Gasteiger partial charge >= 0.3 is 0 Å². The van der Waals surface area contributed by atoms with Crippen LogP contribution in [0.25, 0.3) is 0 Å². The summed E-state index contributed by atoms with van der Waals surface area (Å²) in [5.74, 6) is 0.573. The first-order valence-corrected chi connectivity index (χ1v) is 8.28. The lowest BCUT2D eigenvalue weighted by atomic mass is 9.95. The number of benzene rings is 1. The van der Waals surface area contributed by atoms with Crippen LogP contribution < -0.4 is 15.8 Å².